The van der Waals surface area contributed by atoms with Gasteiger partial charge in [0, 0.05) is 24.5 Å². The van der Waals surface area contributed by atoms with Crippen LogP contribution >= 0.6 is 0 Å². The van der Waals surface area contributed by atoms with Crippen LogP contribution in [0.15, 0.2) is 24.5 Å². The largest absolute Gasteiger partial charge is 0.416 e. The topological polar surface area (TPSA) is 90.4 Å². The first kappa shape index (κ1) is 23.3. The summed E-state index contributed by atoms with van der Waals surface area (Å²) in [6.45, 7) is 1.40. The fourth-order valence-corrected chi connectivity index (χ4v) is 4.64. The molecule has 176 valence electrons. The van der Waals surface area contributed by atoms with Gasteiger partial charge >= 0.3 is 6.18 Å². The summed E-state index contributed by atoms with van der Waals surface area (Å²) in [7, 11) is 0. The van der Waals surface area contributed by atoms with E-state index in [9.17, 15) is 23.1 Å². The Morgan fingerprint density at radius 1 is 1.24 bits per heavy atom. The zero-order valence-corrected chi connectivity index (χ0v) is 18.0. The molecule has 7 nitrogen and oxygen atoms in total. The predicted molar refractivity (Wildman–Crippen MR) is 117 cm³/mol. The standard InChI is InChI=1S/C23H26F3N5O2/c1-2-20(32)14-3-6-17(7-4-14)31-11-16(12-31)30-21(33)10-27-22-18-9-15(23(24,25)26)5-8-19(18)28-13-29-22/h1,5,8-9,13-14,16-17,20,32H,3-4,6-7,10-12H2,(H,30,33)(H,27,28,29). The summed E-state index contributed by atoms with van der Waals surface area (Å²) in [6.07, 6.45) is 5.16. The maximum absolute atomic E-state index is 13.0. The van der Waals surface area contributed by atoms with Gasteiger partial charge in [-0.05, 0) is 49.8 Å². The Morgan fingerprint density at radius 2 is 1.97 bits per heavy atom. The third kappa shape index (κ3) is 5.37. The number of aromatic nitrogens is 2. The molecule has 2 heterocycles. The molecule has 1 aromatic heterocycles. The number of rotatable bonds is 6. The molecule has 1 amide bonds. The van der Waals surface area contributed by atoms with Gasteiger partial charge in [0.15, 0.2) is 0 Å². The van der Waals surface area contributed by atoms with Crippen molar-refractivity contribution in [3.05, 3.63) is 30.1 Å². The molecule has 0 radical (unpaired) electrons. The molecular formula is C23H26F3N5O2. The lowest BCUT2D eigenvalue weighted by Crippen LogP contribution is -2.63. The molecule has 2 aliphatic rings. The third-order valence-electron chi connectivity index (χ3n) is 6.53. The van der Waals surface area contributed by atoms with E-state index in [-0.39, 0.29) is 35.6 Å². The second-order valence-corrected chi connectivity index (χ2v) is 8.70. The van der Waals surface area contributed by atoms with Gasteiger partial charge in [-0.2, -0.15) is 13.2 Å². The highest BCUT2D eigenvalue weighted by Gasteiger charge is 2.36. The summed E-state index contributed by atoms with van der Waals surface area (Å²) < 4.78 is 39.1. The van der Waals surface area contributed by atoms with E-state index in [1.54, 1.807) is 0 Å². The normalized spacial score (nSPS) is 22.9. The maximum Gasteiger partial charge on any atom is 0.416 e. The van der Waals surface area contributed by atoms with Gasteiger partial charge in [-0.3, -0.25) is 9.69 Å². The van der Waals surface area contributed by atoms with Crippen LogP contribution in [0, 0.1) is 18.3 Å². The molecule has 1 saturated heterocycles. The Kier molecular flexibility index (Phi) is 6.72. The summed E-state index contributed by atoms with van der Waals surface area (Å²) in [5.74, 6) is 2.51. The summed E-state index contributed by atoms with van der Waals surface area (Å²) in [5, 5.41) is 15.8. The number of benzene rings is 1. The molecule has 1 aromatic carbocycles. The first-order chi connectivity index (χ1) is 15.7. The van der Waals surface area contributed by atoms with Gasteiger partial charge in [0.2, 0.25) is 5.91 Å². The van der Waals surface area contributed by atoms with Gasteiger partial charge in [0.05, 0.1) is 23.7 Å². The lowest BCUT2D eigenvalue weighted by atomic mass is 9.81. The second-order valence-electron chi connectivity index (χ2n) is 8.70. The van der Waals surface area contributed by atoms with E-state index >= 15 is 0 Å². The number of amides is 1. The number of alkyl halides is 3. The number of hydrogen-bond donors (Lipinski definition) is 3. The molecule has 1 unspecified atom stereocenters. The minimum absolute atomic E-state index is 0.0345. The van der Waals surface area contributed by atoms with Crippen LogP contribution in [0.5, 0.6) is 0 Å². The van der Waals surface area contributed by atoms with Crippen molar-refractivity contribution in [1.29, 1.82) is 0 Å². The molecule has 1 atom stereocenters. The Balaban J connectivity index is 1.25. The van der Waals surface area contributed by atoms with E-state index in [1.165, 1.54) is 12.4 Å². The van der Waals surface area contributed by atoms with E-state index in [1.807, 2.05) is 0 Å². The van der Waals surface area contributed by atoms with Crippen molar-refractivity contribution in [3.8, 4) is 12.3 Å². The van der Waals surface area contributed by atoms with E-state index in [2.05, 4.69) is 31.4 Å². The number of carbonyl (C=O) groups excluding carboxylic acids is 1. The number of aliphatic hydroxyl groups is 1. The van der Waals surface area contributed by atoms with Crippen LogP contribution in [0.4, 0.5) is 19.0 Å². The van der Waals surface area contributed by atoms with E-state index in [0.29, 0.717) is 11.6 Å². The highest BCUT2D eigenvalue weighted by atomic mass is 19.4. The smallest absolute Gasteiger partial charge is 0.380 e. The average Bonchev–Trinajstić information content (AvgIpc) is 2.78. The molecule has 0 spiro atoms. The monoisotopic (exact) mass is 461 g/mol. The van der Waals surface area contributed by atoms with Crippen molar-refractivity contribution >= 4 is 22.6 Å². The molecule has 2 fully saturated rings. The van der Waals surface area contributed by atoms with Gasteiger partial charge in [0.25, 0.3) is 0 Å². The molecular weight excluding hydrogens is 435 g/mol. The molecule has 10 heteroatoms. The van der Waals surface area contributed by atoms with Crippen molar-refractivity contribution in [2.45, 2.75) is 50.0 Å². The van der Waals surface area contributed by atoms with Crippen LogP contribution in [0.1, 0.15) is 31.2 Å². The number of anilines is 1. The minimum atomic E-state index is -4.48. The second kappa shape index (κ2) is 9.53. The average molecular weight is 461 g/mol. The number of likely N-dealkylation sites (tertiary alicyclic amines) is 1. The van der Waals surface area contributed by atoms with Crippen LogP contribution < -0.4 is 10.6 Å². The molecule has 4 rings (SSSR count). The zero-order valence-electron chi connectivity index (χ0n) is 18.0. The Labute approximate surface area is 189 Å². The van der Waals surface area contributed by atoms with Crippen molar-refractivity contribution < 1.29 is 23.1 Å². The van der Waals surface area contributed by atoms with Gasteiger partial charge in [-0.15, -0.1) is 6.42 Å². The first-order valence-electron chi connectivity index (χ1n) is 11.0. The first-order valence-corrected chi connectivity index (χ1v) is 11.0. The van der Waals surface area contributed by atoms with Crippen molar-refractivity contribution in [1.82, 2.24) is 20.2 Å². The Hall–Kier alpha value is -2.90. The Morgan fingerprint density at radius 3 is 2.64 bits per heavy atom. The van der Waals surface area contributed by atoms with E-state index in [4.69, 9.17) is 6.42 Å². The number of halogens is 3. The SMILES string of the molecule is C#CC(O)C1CCC(N2CC(NC(=O)CNc3ncnc4ccc(C(F)(F)F)cc34)C2)CC1. The molecule has 1 aliphatic carbocycles. The molecule has 1 saturated carbocycles. The zero-order chi connectivity index (χ0) is 23.6. The lowest BCUT2D eigenvalue weighted by Gasteiger charge is -2.47. The van der Waals surface area contributed by atoms with Gasteiger partial charge in [-0.25, -0.2) is 9.97 Å². The fraction of sp³-hybridized carbons (Fsp3) is 0.522. The molecule has 3 N–H and O–H groups in total. The molecule has 33 heavy (non-hydrogen) atoms. The number of hydrogen-bond acceptors (Lipinski definition) is 6. The van der Waals surface area contributed by atoms with Crippen LogP contribution in [0.25, 0.3) is 10.9 Å². The number of nitrogens with zero attached hydrogens (tertiary/aromatic N) is 3. The van der Waals surface area contributed by atoms with Crippen LogP contribution in [-0.4, -0.2) is 63.7 Å². The number of aliphatic hydroxyl groups excluding tert-OH is 1. The van der Waals surface area contributed by atoms with Gasteiger partial charge in [0.1, 0.15) is 18.2 Å². The summed E-state index contributed by atoms with van der Waals surface area (Å²) in [5.41, 5.74) is -0.435. The highest BCUT2D eigenvalue weighted by molar-refractivity contribution is 5.91. The summed E-state index contributed by atoms with van der Waals surface area (Å²) in [4.78, 5) is 22.7. The quantitative estimate of drug-likeness (QED) is 0.573. The maximum atomic E-state index is 13.0. The number of carbonyl (C=O) groups is 1. The molecule has 2 aromatic rings. The van der Waals surface area contributed by atoms with Crippen molar-refractivity contribution in [2.24, 2.45) is 5.92 Å². The minimum Gasteiger partial charge on any atom is -0.380 e. The van der Waals surface area contributed by atoms with E-state index in [0.717, 1.165) is 50.9 Å². The number of terminal acetylenes is 1. The van der Waals surface area contributed by atoms with Gasteiger partial charge in [-0.1, -0.05) is 5.92 Å². The third-order valence-corrected chi connectivity index (χ3v) is 6.53. The lowest BCUT2D eigenvalue weighted by molar-refractivity contribution is -0.137. The van der Waals surface area contributed by atoms with Crippen molar-refractivity contribution in [3.63, 3.8) is 0 Å². The Bertz CT molecular complexity index is 1040. The molecule has 1 aliphatic heterocycles. The fourth-order valence-electron chi connectivity index (χ4n) is 4.64. The van der Waals surface area contributed by atoms with Crippen LogP contribution in [-0.2, 0) is 11.0 Å². The molecule has 0 bridgehead atoms. The van der Waals surface area contributed by atoms with E-state index < -0.39 is 17.8 Å². The summed E-state index contributed by atoms with van der Waals surface area (Å²) >= 11 is 0. The predicted octanol–water partition coefficient (Wildman–Crippen LogP) is 2.41. The number of nitrogens with one attached hydrogen (secondary N) is 2. The van der Waals surface area contributed by atoms with Gasteiger partial charge < -0.3 is 15.7 Å². The van der Waals surface area contributed by atoms with Crippen molar-refractivity contribution in [2.75, 3.05) is 25.0 Å². The highest BCUT2D eigenvalue weighted by Crippen LogP contribution is 2.33. The summed E-state index contributed by atoms with van der Waals surface area (Å²) in [6, 6.07) is 3.71. The van der Waals surface area contributed by atoms with Crippen LogP contribution in [0.2, 0.25) is 0 Å². The number of fused-ring (bicyclic) bond motifs is 1. The van der Waals surface area contributed by atoms with Crippen LogP contribution in [0.3, 0.4) is 0 Å².